The van der Waals surface area contributed by atoms with Gasteiger partial charge in [-0.1, -0.05) is 18.2 Å². The zero-order chi connectivity index (χ0) is 10.3. The molecule has 78 valence electrons. The fraction of sp³-hybridized carbons (Fsp3) is 0.417. The van der Waals surface area contributed by atoms with E-state index in [1.165, 1.54) is 23.9 Å². The van der Waals surface area contributed by atoms with Crippen LogP contribution in [0.2, 0.25) is 0 Å². The van der Waals surface area contributed by atoms with Crippen molar-refractivity contribution in [3.8, 4) is 0 Å². The van der Waals surface area contributed by atoms with E-state index < -0.39 is 0 Å². The minimum atomic E-state index is 0.488. The summed E-state index contributed by atoms with van der Waals surface area (Å²) in [6.45, 7) is 1.13. The molecule has 0 bridgehead atoms. The average molecular weight is 201 g/mol. The third-order valence-electron chi connectivity index (χ3n) is 3.18. The van der Waals surface area contributed by atoms with Crippen molar-refractivity contribution in [1.82, 2.24) is 15.1 Å². The molecule has 0 radical (unpaired) electrons. The predicted octanol–water partition coefficient (Wildman–Crippen LogP) is 2.00. The number of hydrogen-bond acceptors (Lipinski definition) is 2. The molecule has 1 aliphatic rings. The molecular weight excluding hydrogens is 186 g/mol. The monoisotopic (exact) mass is 201 g/mol. The lowest BCUT2D eigenvalue weighted by Gasteiger charge is -2.10. The molecule has 1 aromatic carbocycles. The van der Waals surface area contributed by atoms with E-state index in [-0.39, 0.29) is 0 Å². The van der Waals surface area contributed by atoms with Crippen LogP contribution in [0.25, 0.3) is 10.9 Å². The summed E-state index contributed by atoms with van der Waals surface area (Å²) in [5.41, 5.74) is 2.44. The van der Waals surface area contributed by atoms with Gasteiger partial charge >= 0.3 is 0 Å². The molecule has 0 spiro atoms. The Kier molecular flexibility index (Phi) is 1.99. The molecule has 3 rings (SSSR count). The first kappa shape index (κ1) is 8.92. The van der Waals surface area contributed by atoms with Crippen molar-refractivity contribution in [3.63, 3.8) is 0 Å². The highest BCUT2D eigenvalue weighted by Crippen LogP contribution is 2.28. The van der Waals surface area contributed by atoms with Crippen LogP contribution in [-0.4, -0.2) is 16.3 Å². The zero-order valence-electron chi connectivity index (χ0n) is 8.90. The second kappa shape index (κ2) is 3.35. The summed E-state index contributed by atoms with van der Waals surface area (Å²) in [7, 11) is 2.04. The minimum Gasteiger partial charge on any atom is -0.309 e. The number of benzene rings is 1. The molecule has 0 saturated carbocycles. The summed E-state index contributed by atoms with van der Waals surface area (Å²) in [5, 5.41) is 9.36. The van der Waals surface area contributed by atoms with E-state index in [9.17, 15) is 0 Å². The van der Waals surface area contributed by atoms with E-state index in [0.29, 0.717) is 6.04 Å². The van der Waals surface area contributed by atoms with Gasteiger partial charge in [0.05, 0.1) is 11.2 Å². The van der Waals surface area contributed by atoms with Gasteiger partial charge in [0.15, 0.2) is 0 Å². The molecule has 0 amide bonds. The number of aryl methyl sites for hydroxylation is 1. The summed E-state index contributed by atoms with van der Waals surface area (Å²) < 4.78 is 2.02. The Bertz CT molecular complexity index is 481. The van der Waals surface area contributed by atoms with Crippen LogP contribution < -0.4 is 5.32 Å². The first-order chi connectivity index (χ1) is 7.36. The molecule has 2 aromatic rings. The molecule has 0 aliphatic carbocycles. The Morgan fingerprint density at radius 1 is 1.40 bits per heavy atom. The van der Waals surface area contributed by atoms with Gasteiger partial charge in [-0.05, 0) is 25.5 Å². The molecule has 1 saturated heterocycles. The summed E-state index contributed by atoms with van der Waals surface area (Å²) in [4.78, 5) is 0. The SMILES string of the molecule is Cn1nc2ccccc2c1C1CCCN1. The summed E-state index contributed by atoms with van der Waals surface area (Å²) >= 11 is 0. The maximum Gasteiger partial charge on any atom is 0.0926 e. The van der Waals surface area contributed by atoms with Crippen LogP contribution >= 0.6 is 0 Å². The Morgan fingerprint density at radius 3 is 3.07 bits per heavy atom. The van der Waals surface area contributed by atoms with E-state index >= 15 is 0 Å². The van der Waals surface area contributed by atoms with Crippen LogP contribution in [-0.2, 0) is 7.05 Å². The number of hydrogen-bond donors (Lipinski definition) is 1. The van der Waals surface area contributed by atoms with E-state index in [2.05, 4.69) is 28.6 Å². The molecule has 1 aliphatic heterocycles. The van der Waals surface area contributed by atoms with Crippen molar-refractivity contribution in [1.29, 1.82) is 0 Å². The van der Waals surface area contributed by atoms with Crippen molar-refractivity contribution in [2.45, 2.75) is 18.9 Å². The molecule has 1 aromatic heterocycles. The van der Waals surface area contributed by atoms with E-state index in [0.717, 1.165) is 12.1 Å². The summed E-state index contributed by atoms with van der Waals surface area (Å²) in [6.07, 6.45) is 2.49. The molecule has 15 heavy (non-hydrogen) atoms. The third-order valence-corrected chi connectivity index (χ3v) is 3.18. The summed E-state index contributed by atoms with van der Waals surface area (Å²) in [6, 6.07) is 8.86. The second-order valence-electron chi connectivity index (χ2n) is 4.17. The highest BCUT2D eigenvalue weighted by molar-refractivity contribution is 5.81. The standard InChI is InChI=1S/C12H15N3/c1-15-12(11-7-4-8-13-11)9-5-2-3-6-10(9)14-15/h2-3,5-6,11,13H,4,7-8H2,1H3. The first-order valence-corrected chi connectivity index (χ1v) is 5.51. The number of aromatic nitrogens is 2. The maximum absolute atomic E-state index is 4.53. The predicted molar refractivity (Wildman–Crippen MR) is 60.7 cm³/mol. The molecule has 3 heteroatoms. The van der Waals surface area contributed by atoms with Gasteiger partial charge in [0.2, 0.25) is 0 Å². The van der Waals surface area contributed by atoms with E-state index in [4.69, 9.17) is 0 Å². The number of rotatable bonds is 1. The Hall–Kier alpha value is -1.35. The molecular formula is C12H15N3. The largest absolute Gasteiger partial charge is 0.309 e. The summed E-state index contributed by atoms with van der Waals surface area (Å²) in [5.74, 6) is 0. The molecule has 3 nitrogen and oxygen atoms in total. The fourth-order valence-corrected chi connectivity index (χ4v) is 2.50. The quantitative estimate of drug-likeness (QED) is 0.764. The first-order valence-electron chi connectivity index (χ1n) is 5.51. The van der Waals surface area contributed by atoms with Crippen molar-refractivity contribution in [2.24, 2.45) is 7.05 Å². The number of fused-ring (bicyclic) bond motifs is 1. The van der Waals surface area contributed by atoms with Crippen LogP contribution in [0.5, 0.6) is 0 Å². The molecule has 1 atom stereocenters. The number of nitrogens with zero attached hydrogens (tertiary/aromatic N) is 2. The van der Waals surface area contributed by atoms with Gasteiger partial charge in [-0.3, -0.25) is 4.68 Å². The van der Waals surface area contributed by atoms with Crippen LogP contribution in [0.4, 0.5) is 0 Å². The fourth-order valence-electron chi connectivity index (χ4n) is 2.50. The normalized spacial score (nSPS) is 21.3. The van der Waals surface area contributed by atoms with Gasteiger partial charge in [-0.2, -0.15) is 5.10 Å². The molecule has 1 fully saturated rings. The van der Waals surface area contributed by atoms with Crippen LogP contribution in [0.3, 0.4) is 0 Å². The van der Waals surface area contributed by atoms with Gasteiger partial charge in [-0.25, -0.2) is 0 Å². The minimum absolute atomic E-state index is 0.488. The van der Waals surface area contributed by atoms with Crippen molar-refractivity contribution >= 4 is 10.9 Å². The Morgan fingerprint density at radius 2 is 2.27 bits per heavy atom. The van der Waals surface area contributed by atoms with Gasteiger partial charge in [0.1, 0.15) is 0 Å². The smallest absolute Gasteiger partial charge is 0.0926 e. The topological polar surface area (TPSA) is 29.9 Å². The van der Waals surface area contributed by atoms with Crippen molar-refractivity contribution < 1.29 is 0 Å². The zero-order valence-corrected chi connectivity index (χ0v) is 8.90. The lowest BCUT2D eigenvalue weighted by Crippen LogP contribution is -2.16. The van der Waals surface area contributed by atoms with Gasteiger partial charge in [0.25, 0.3) is 0 Å². The molecule has 2 heterocycles. The van der Waals surface area contributed by atoms with Crippen LogP contribution in [0.15, 0.2) is 24.3 Å². The van der Waals surface area contributed by atoms with Gasteiger partial charge < -0.3 is 5.32 Å². The van der Waals surface area contributed by atoms with Crippen LogP contribution in [0.1, 0.15) is 24.6 Å². The maximum atomic E-state index is 4.53. The number of nitrogens with one attached hydrogen (secondary N) is 1. The van der Waals surface area contributed by atoms with Gasteiger partial charge in [-0.15, -0.1) is 0 Å². The lowest BCUT2D eigenvalue weighted by molar-refractivity contribution is 0.579. The van der Waals surface area contributed by atoms with Gasteiger partial charge in [0, 0.05) is 18.5 Å². The lowest BCUT2D eigenvalue weighted by atomic mass is 10.1. The highest BCUT2D eigenvalue weighted by atomic mass is 15.3. The van der Waals surface area contributed by atoms with Crippen LogP contribution in [0, 0.1) is 0 Å². The Balaban J connectivity index is 2.19. The third kappa shape index (κ3) is 1.35. The van der Waals surface area contributed by atoms with E-state index in [1.54, 1.807) is 0 Å². The second-order valence-corrected chi connectivity index (χ2v) is 4.17. The molecule has 1 unspecified atom stereocenters. The van der Waals surface area contributed by atoms with Crippen molar-refractivity contribution in [2.75, 3.05) is 6.54 Å². The van der Waals surface area contributed by atoms with E-state index in [1.807, 2.05) is 17.8 Å². The molecule has 1 N–H and O–H groups in total. The van der Waals surface area contributed by atoms with Crippen molar-refractivity contribution in [3.05, 3.63) is 30.0 Å². The Labute approximate surface area is 89.1 Å². The average Bonchev–Trinajstić information content (AvgIpc) is 2.82. The highest BCUT2D eigenvalue weighted by Gasteiger charge is 2.21.